The van der Waals surface area contributed by atoms with Crippen LogP contribution in [0.25, 0.3) is 0 Å². The van der Waals surface area contributed by atoms with Crippen LogP contribution in [0.4, 0.5) is 0 Å². The Hall–Kier alpha value is -2.14. The minimum absolute atomic E-state index is 0.0593. The van der Waals surface area contributed by atoms with Gasteiger partial charge in [0.2, 0.25) is 0 Å². The van der Waals surface area contributed by atoms with Gasteiger partial charge in [-0.15, -0.1) is 0 Å². The van der Waals surface area contributed by atoms with Crippen molar-refractivity contribution in [3.8, 4) is 5.75 Å². The van der Waals surface area contributed by atoms with Crippen molar-refractivity contribution >= 4 is 17.6 Å². The second-order valence-corrected chi connectivity index (χ2v) is 4.80. The number of benzene rings is 1. The molecule has 0 aliphatic heterocycles. The van der Waals surface area contributed by atoms with Crippen molar-refractivity contribution in [1.82, 2.24) is 9.97 Å². The molecular weight excluding hydrogens is 280 g/mol. The van der Waals surface area contributed by atoms with Crippen molar-refractivity contribution in [2.24, 2.45) is 0 Å². The van der Waals surface area contributed by atoms with Crippen molar-refractivity contribution in [2.75, 3.05) is 0 Å². The van der Waals surface area contributed by atoms with E-state index in [4.69, 9.17) is 21.4 Å². The van der Waals surface area contributed by atoms with Crippen LogP contribution in [0.5, 0.6) is 5.75 Å². The number of aromatic carboxylic acids is 1. The molecule has 1 heterocycles. The van der Waals surface area contributed by atoms with Crippen LogP contribution in [0.2, 0.25) is 5.15 Å². The Labute approximate surface area is 121 Å². The van der Waals surface area contributed by atoms with Gasteiger partial charge in [-0.25, -0.2) is 14.8 Å². The molecule has 1 N–H and O–H groups in total. The Balaban J connectivity index is 2.16. The largest absolute Gasteiger partial charge is 0.486 e. The lowest BCUT2D eigenvalue weighted by Gasteiger charge is -2.08. The molecule has 2 aromatic rings. The lowest BCUT2D eigenvalue weighted by atomic mass is 10.1. The topological polar surface area (TPSA) is 72.3 Å². The molecule has 0 bridgehead atoms. The number of carbonyl (C=O) groups is 1. The molecule has 5 nitrogen and oxygen atoms in total. The Bertz CT molecular complexity index is 639. The fraction of sp³-hybridized carbons (Fsp3) is 0.214. The van der Waals surface area contributed by atoms with E-state index in [-0.39, 0.29) is 23.3 Å². The summed E-state index contributed by atoms with van der Waals surface area (Å²) < 4.78 is 5.57. The van der Waals surface area contributed by atoms with Gasteiger partial charge in [-0.1, -0.05) is 17.7 Å². The molecular formula is C14H13ClN2O3. The van der Waals surface area contributed by atoms with Crippen molar-refractivity contribution in [3.05, 3.63) is 52.1 Å². The lowest BCUT2D eigenvalue weighted by molar-refractivity contribution is 0.0689. The van der Waals surface area contributed by atoms with E-state index in [1.165, 1.54) is 6.07 Å². The number of halogens is 1. The standard InChI is InChI=1S/C14H13ClN2O3/c1-8-3-9(2)5-10(4-8)20-7-13-16-11(14(18)19)6-12(15)17-13/h3-6H,7H2,1-2H3,(H,18,19). The molecule has 6 heteroatoms. The van der Waals surface area contributed by atoms with Gasteiger partial charge in [-0.3, -0.25) is 0 Å². The van der Waals surface area contributed by atoms with E-state index >= 15 is 0 Å². The summed E-state index contributed by atoms with van der Waals surface area (Å²) in [5.74, 6) is -0.237. The minimum Gasteiger partial charge on any atom is -0.486 e. The highest BCUT2D eigenvalue weighted by molar-refractivity contribution is 6.29. The highest BCUT2D eigenvalue weighted by Gasteiger charge is 2.10. The molecule has 20 heavy (non-hydrogen) atoms. The predicted octanol–water partition coefficient (Wildman–Crippen LogP) is 3.02. The summed E-state index contributed by atoms with van der Waals surface area (Å²) >= 11 is 5.76. The second kappa shape index (κ2) is 5.88. The Morgan fingerprint density at radius 1 is 1.20 bits per heavy atom. The molecule has 0 aliphatic carbocycles. The zero-order valence-electron chi connectivity index (χ0n) is 11.1. The molecule has 0 saturated carbocycles. The molecule has 0 aliphatic rings. The molecule has 0 saturated heterocycles. The van der Waals surface area contributed by atoms with Gasteiger partial charge in [0.1, 0.15) is 17.5 Å². The van der Waals surface area contributed by atoms with E-state index in [1.54, 1.807) is 0 Å². The SMILES string of the molecule is Cc1cc(C)cc(OCc2nc(Cl)cc(C(=O)O)n2)c1. The minimum atomic E-state index is -1.15. The summed E-state index contributed by atoms with van der Waals surface area (Å²) in [7, 11) is 0. The van der Waals surface area contributed by atoms with Gasteiger partial charge in [-0.2, -0.15) is 0 Å². The number of carboxylic acids is 1. The average molecular weight is 293 g/mol. The van der Waals surface area contributed by atoms with Crippen LogP contribution in [-0.2, 0) is 6.61 Å². The lowest BCUT2D eigenvalue weighted by Crippen LogP contribution is -2.08. The normalized spacial score (nSPS) is 10.3. The van der Waals surface area contributed by atoms with Gasteiger partial charge < -0.3 is 9.84 Å². The van der Waals surface area contributed by atoms with Crippen LogP contribution in [-0.4, -0.2) is 21.0 Å². The fourth-order valence-electron chi connectivity index (χ4n) is 1.80. The number of nitrogens with zero attached hydrogens (tertiary/aromatic N) is 2. The fourth-order valence-corrected chi connectivity index (χ4v) is 2.00. The molecule has 2 rings (SSSR count). The van der Waals surface area contributed by atoms with E-state index in [9.17, 15) is 4.79 Å². The molecule has 0 radical (unpaired) electrons. The summed E-state index contributed by atoms with van der Waals surface area (Å²) in [6.45, 7) is 4.00. The summed E-state index contributed by atoms with van der Waals surface area (Å²) in [5, 5.41) is 8.98. The monoisotopic (exact) mass is 292 g/mol. The zero-order chi connectivity index (χ0) is 14.7. The first-order chi connectivity index (χ1) is 9.44. The van der Waals surface area contributed by atoms with E-state index in [2.05, 4.69) is 9.97 Å². The van der Waals surface area contributed by atoms with Crippen molar-refractivity contribution < 1.29 is 14.6 Å². The molecule has 0 atom stereocenters. The third-order valence-electron chi connectivity index (χ3n) is 2.52. The van der Waals surface area contributed by atoms with Crippen LogP contribution in [0.1, 0.15) is 27.4 Å². The Morgan fingerprint density at radius 3 is 2.45 bits per heavy atom. The Morgan fingerprint density at radius 2 is 1.85 bits per heavy atom. The van der Waals surface area contributed by atoms with Crippen LogP contribution in [0.15, 0.2) is 24.3 Å². The van der Waals surface area contributed by atoms with Crippen molar-refractivity contribution in [1.29, 1.82) is 0 Å². The van der Waals surface area contributed by atoms with Gasteiger partial charge in [0.25, 0.3) is 0 Å². The van der Waals surface area contributed by atoms with Gasteiger partial charge in [0.05, 0.1) is 0 Å². The number of hydrogen-bond donors (Lipinski definition) is 1. The summed E-state index contributed by atoms with van der Waals surface area (Å²) in [6, 6.07) is 7.00. The molecule has 0 unspecified atom stereocenters. The first-order valence-corrected chi connectivity index (χ1v) is 6.29. The molecule has 0 spiro atoms. The van der Waals surface area contributed by atoms with Gasteiger partial charge >= 0.3 is 5.97 Å². The molecule has 0 fully saturated rings. The maximum Gasteiger partial charge on any atom is 0.354 e. The average Bonchev–Trinajstić information content (AvgIpc) is 2.34. The number of rotatable bonds is 4. The maximum absolute atomic E-state index is 10.9. The molecule has 1 aromatic carbocycles. The van der Waals surface area contributed by atoms with Crippen LogP contribution < -0.4 is 4.74 Å². The van der Waals surface area contributed by atoms with Crippen molar-refractivity contribution in [2.45, 2.75) is 20.5 Å². The first kappa shape index (κ1) is 14.3. The van der Waals surface area contributed by atoms with E-state index < -0.39 is 5.97 Å². The number of carboxylic acid groups (broad SMARTS) is 1. The van der Waals surface area contributed by atoms with Crippen molar-refractivity contribution in [3.63, 3.8) is 0 Å². The number of aryl methyl sites for hydroxylation is 2. The van der Waals surface area contributed by atoms with Crippen LogP contribution in [0, 0.1) is 13.8 Å². The third-order valence-corrected chi connectivity index (χ3v) is 2.72. The first-order valence-electron chi connectivity index (χ1n) is 5.92. The van der Waals surface area contributed by atoms with Gasteiger partial charge in [0.15, 0.2) is 11.5 Å². The number of aromatic nitrogens is 2. The summed E-state index contributed by atoms with van der Waals surface area (Å²) in [6.07, 6.45) is 0. The predicted molar refractivity (Wildman–Crippen MR) is 74.2 cm³/mol. The smallest absolute Gasteiger partial charge is 0.354 e. The zero-order valence-corrected chi connectivity index (χ0v) is 11.8. The maximum atomic E-state index is 10.9. The summed E-state index contributed by atoms with van der Waals surface area (Å²) in [4.78, 5) is 18.7. The van der Waals surface area contributed by atoms with E-state index in [0.717, 1.165) is 11.1 Å². The van der Waals surface area contributed by atoms with Gasteiger partial charge in [-0.05, 0) is 37.1 Å². The van der Waals surface area contributed by atoms with Crippen LogP contribution in [0.3, 0.4) is 0 Å². The third kappa shape index (κ3) is 3.68. The Kier molecular flexibility index (Phi) is 4.20. The molecule has 1 aromatic heterocycles. The molecule has 104 valence electrons. The number of ether oxygens (including phenoxy) is 1. The van der Waals surface area contributed by atoms with Gasteiger partial charge in [0, 0.05) is 6.07 Å². The van der Waals surface area contributed by atoms with E-state index in [1.807, 2.05) is 32.0 Å². The van der Waals surface area contributed by atoms with Crippen LogP contribution >= 0.6 is 11.6 Å². The summed E-state index contributed by atoms with van der Waals surface area (Å²) in [5.41, 5.74) is 2.01. The number of hydrogen-bond acceptors (Lipinski definition) is 4. The highest BCUT2D eigenvalue weighted by atomic mass is 35.5. The highest BCUT2D eigenvalue weighted by Crippen LogP contribution is 2.17. The molecule has 0 amide bonds. The quantitative estimate of drug-likeness (QED) is 0.877. The van der Waals surface area contributed by atoms with E-state index in [0.29, 0.717) is 5.75 Å². The second-order valence-electron chi connectivity index (χ2n) is 4.41.